The van der Waals surface area contributed by atoms with E-state index in [1.165, 1.54) is 0 Å². The van der Waals surface area contributed by atoms with Gasteiger partial charge in [0.25, 0.3) is 0 Å². The maximum Gasteiger partial charge on any atom is 0.145 e. The predicted octanol–water partition coefficient (Wildman–Crippen LogP) is 2.90. The summed E-state index contributed by atoms with van der Waals surface area (Å²) in [5, 5.41) is 12.1. The van der Waals surface area contributed by atoms with Crippen molar-refractivity contribution >= 4 is 17.1 Å². The number of hydrogen-bond donors (Lipinski definition) is 2. The Morgan fingerprint density at radius 2 is 1.90 bits per heavy atom. The first kappa shape index (κ1) is 13.6. The van der Waals surface area contributed by atoms with Crippen LogP contribution in [-0.4, -0.2) is 14.2 Å². The second-order valence-corrected chi connectivity index (χ2v) is 4.07. The van der Waals surface area contributed by atoms with Gasteiger partial charge in [0.2, 0.25) is 0 Å². The van der Waals surface area contributed by atoms with E-state index >= 15 is 0 Å². The number of benzene rings is 2. The lowest BCUT2D eigenvalue weighted by molar-refractivity contribution is 0.395. The van der Waals surface area contributed by atoms with Crippen molar-refractivity contribution in [1.29, 1.82) is 5.26 Å². The summed E-state index contributed by atoms with van der Waals surface area (Å²) in [7, 11) is 3.17. The van der Waals surface area contributed by atoms with Gasteiger partial charge in [-0.25, -0.2) is 0 Å². The third-order valence-corrected chi connectivity index (χ3v) is 2.90. The van der Waals surface area contributed by atoms with Crippen LogP contribution in [-0.2, 0) is 0 Å². The number of nitrogens with two attached hydrogens (primary N) is 1. The molecule has 0 saturated heterocycles. The van der Waals surface area contributed by atoms with Crippen LogP contribution in [0.4, 0.5) is 17.1 Å². The number of anilines is 3. The molecule has 102 valence electrons. The molecule has 0 bridgehead atoms. The number of ether oxygens (including phenoxy) is 2. The zero-order chi connectivity index (χ0) is 14.5. The Labute approximate surface area is 117 Å². The molecule has 0 unspecified atom stereocenters. The Morgan fingerprint density at radius 3 is 2.55 bits per heavy atom. The molecule has 0 spiro atoms. The van der Waals surface area contributed by atoms with E-state index in [4.69, 9.17) is 20.5 Å². The third-order valence-electron chi connectivity index (χ3n) is 2.90. The van der Waals surface area contributed by atoms with Crippen LogP contribution in [0.15, 0.2) is 36.4 Å². The average Bonchev–Trinajstić information content (AvgIpc) is 2.49. The van der Waals surface area contributed by atoms with Crippen LogP contribution in [0.25, 0.3) is 0 Å². The Kier molecular flexibility index (Phi) is 3.96. The van der Waals surface area contributed by atoms with Crippen molar-refractivity contribution in [3.63, 3.8) is 0 Å². The van der Waals surface area contributed by atoms with Crippen molar-refractivity contribution in [2.24, 2.45) is 0 Å². The summed E-state index contributed by atoms with van der Waals surface area (Å²) in [5.74, 6) is 1.33. The van der Waals surface area contributed by atoms with Crippen LogP contribution >= 0.6 is 0 Å². The maximum absolute atomic E-state index is 8.98. The lowest BCUT2D eigenvalue weighted by atomic mass is 10.1. The Balaban J connectivity index is 2.38. The second-order valence-electron chi connectivity index (χ2n) is 4.07. The first-order valence-electron chi connectivity index (χ1n) is 5.97. The van der Waals surface area contributed by atoms with E-state index in [1.54, 1.807) is 38.5 Å². The molecule has 0 aromatic heterocycles. The summed E-state index contributed by atoms with van der Waals surface area (Å²) in [6.45, 7) is 0. The van der Waals surface area contributed by atoms with Gasteiger partial charge in [0.1, 0.15) is 17.6 Å². The average molecular weight is 269 g/mol. The van der Waals surface area contributed by atoms with Gasteiger partial charge in [-0.3, -0.25) is 0 Å². The van der Waals surface area contributed by atoms with Crippen molar-refractivity contribution in [3.8, 4) is 17.6 Å². The minimum atomic E-state index is 0.410. The highest BCUT2D eigenvalue weighted by Crippen LogP contribution is 2.33. The van der Waals surface area contributed by atoms with E-state index in [-0.39, 0.29) is 0 Å². The van der Waals surface area contributed by atoms with Crippen LogP contribution in [0.3, 0.4) is 0 Å². The first-order chi connectivity index (χ1) is 9.69. The topological polar surface area (TPSA) is 80.3 Å². The first-order valence-corrected chi connectivity index (χ1v) is 5.97. The van der Waals surface area contributed by atoms with Crippen molar-refractivity contribution in [2.45, 2.75) is 0 Å². The largest absolute Gasteiger partial charge is 0.497 e. The van der Waals surface area contributed by atoms with Crippen LogP contribution in [0.2, 0.25) is 0 Å². The molecule has 2 aromatic carbocycles. The number of nitriles is 1. The zero-order valence-electron chi connectivity index (χ0n) is 11.3. The molecule has 0 aliphatic rings. The van der Waals surface area contributed by atoms with Gasteiger partial charge in [-0.05, 0) is 24.3 Å². The molecule has 5 heteroatoms. The molecule has 2 aromatic rings. The summed E-state index contributed by atoms with van der Waals surface area (Å²) in [5.41, 5.74) is 8.19. The molecule has 0 saturated carbocycles. The molecular weight excluding hydrogens is 254 g/mol. The standard InChI is InChI=1S/C15H15N3O2/c1-19-11-6-7-12(14(8-11)20-2)18-13-5-3-4-10(9-16)15(13)17/h3-8,18H,17H2,1-2H3. The van der Waals surface area contributed by atoms with Gasteiger partial charge in [-0.2, -0.15) is 5.26 Å². The fraction of sp³-hybridized carbons (Fsp3) is 0.133. The monoisotopic (exact) mass is 269 g/mol. The van der Waals surface area contributed by atoms with Crippen molar-refractivity contribution in [2.75, 3.05) is 25.3 Å². The molecule has 0 atom stereocenters. The summed E-state index contributed by atoms with van der Waals surface area (Å²) in [6, 6.07) is 12.7. The molecule has 0 amide bonds. The van der Waals surface area contributed by atoms with E-state index in [1.807, 2.05) is 12.1 Å². The fourth-order valence-corrected chi connectivity index (χ4v) is 1.82. The van der Waals surface area contributed by atoms with E-state index in [9.17, 15) is 0 Å². The fourth-order valence-electron chi connectivity index (χ4n) is 1.82. The van der Waals surface area contributed by atoms with E-state index < -0.39 is 0 Å². The summed E-state index contributed by atoms with van der Waals surface area (Å²) < 4.78 is 10.5. The van der Waals surface area contributed by atoms with Crippen LogP contribution < -0.4 is 20.5 Å². The van der Waals surface area contributed by atoms with Crippen LogP contribution in [0.5, 0.6) is 11.5 Å². The minimum absolute atomic E-state index is 0.410. The van der Waals surface area contributed by atoms with Gasteiger partial charge in [-0.15, -0.1) is 0 Å². The van der Waals surface area contributed by atoms with Gasteiger partial charge in [0.15, 0.2) is 0 Å². The number of nitrogens with one attached hydrogen (secondary N) is 1. The highest BCUT2D eigenvalue weighted by Gasteiger charge is 2.09. The van der Waals surface area contributed by atoms with Gasteiger partial charge in [0.05, 0.1) is 36.8 Å². The lowest BCUT2D eigenvalue weighted by Gasteiger charge is -2.14. The Bertz CT molecular complexity index is 663. The Morgan fingerprint density at radius 1 is 1.10 bits per heavy atom. The van der Waals surface area contributed by atoms with E-state index in [0.717, 1.165) is 5.69 Å². The normalized spacial score (nSPS) is 9.65. The third kappa shape index (κ3) is 2.59. The van der Waals surface area contributed by atoms with E-state index in [0.29, 0.717) is 28.4 Å². The molecule has 0 aliphatic heterocycles. The number of nitrogens with zero attached hydrogens (tertiary/aromatic N) is 1. The highest BCUT2D eigenvalue weighted by molar-refractivity contribution is 5.79. The van der Waals surface area contributed by atoms with Crippen molar-refractivity contribution < 1.29 is 9.47 Å². The van der Waals surface area contributed by atoms with Crippen molar-refractivity contribution in [1.82, 2.24) is 0 Å². The predicted molar refractivity (Wildman–Crippen MR) is 78.4 cm³/mol. The van der Waals surface area contributed by atoms with Crippen LogP contribution in [0.1, 0.15) is 5.56 Å². The zero-order valence-corrected chi connectivity index (χ0v) is 11.3. The maximum atomic E-state index is 8.98. The van der Waals surface area contributed by atoms with Gasteiger partial charge < -0.3 is 20.5 Å². The summed E-state index contributed by atoms with van der Waals surface area (Å²) in [6.07, 6.45) is 0. The van der Waals surface area contributed by atoms with Gasteiger partial charge in [0, 0.05) is 6.07 Å². The minimum Gasteiger partial charge on any atom is -0.497 e. The molecule has 0 fully saturated rings. The number of rotatable bonds is 4. The van der Waals surface area contributed by atoms with Crippen LogP contribution in [0, 0.1) is 11.3 Å². The molecule has 0 heterocycles. The van der Waals surface area contributed by atoms with Crippen molar-refractivity contribution in [3.05, 3.63) is 42.0 Å². The smallest absolute Gasteiger partial charge is 0.145 e. The summed E-state index contributed by atoms with van der Waals surface area (Å²) >= 11 is 0. The van der Waals surface area contributed by atoms with E-state index in [2.05, 4.69) is 11.4 Å². The molecule has 0 radical (unpaired) electrons. The number of methoxy groups -OCH3 is 2. The van der Waals surface area contributed by atoms with Gasteiger partial charge >= 0.3 is 0 Å². The number of hydrogen-bond acceptors (Lipinski definition) is 5. The highest BCUT2D eigenvalue weighted by atomic mass is 16.5. The quantitative estimate of drug-likeness (QED) is 0.834. The molecular formula is C15H15N3O2. The lowest BCUT2D eigenvalue weighted by Crippen LogP contribution is -2.00. The summed E-state index contributed by atoms with van der Waals surface area (Å²) in [4.78, 5) is 0. The van der Waals surface area contributed by atoms with Gasteiger partial charge in [-0.1, -0.05) is 6.07 Å². The Hall–Kier alpha value is -2.87. The molecule has 3 N–H and O–H groups in total. The molecule has 0 aliphatic carbocycles. The molecule has 20 heavy (non-hydrogen) atoms. The number of para-hydroxylation sites is 1. The second kappa shape index (κ2) is 5.85. The number of nitrogen functional groups attached to an aromatic ring is 1. The molecule has 5 nitrogen and oxygen atoms in total. The molecule has 2 rings (SSSR count). The SMILES string of the molecule is COc1ccc(Nc2cccc(C#N)c2N)c(OC)c1.